The van der Waals surface area contributed by atoms with Gasteiger partial charge in [-0.2, -0.15) is 23.2 Å². The van der Waals surface area contributed by atoms with Gasteiger partial charge < -0.3 is 9.94 Å². The van der Waals surface area contributed by atoms with Gasteiger partial charge in [-0.25, -0.2) is 9.67 Å². The zero-order valence-corrected chi connectivity index (χ0v) is 16.0. The minimum Gasteiger partial charge on any atom is -0.618 e. The molecule has 0 atom stereocenters. The Morgan fingerprint density at radius 3 is 2.74 bits per heavy atom. The van der Waals surface area contributed by atoms with Gasteiger partial charge in [0.25, 0.3) is 0 Å². The van der Waals surface area contributed by atoms with E-state index in [1.165, 1.54) is 35.1 Å². The van der Waals surface area contributed by atoms with Crippen molar-refractivity contribution in [2.45, 2.75) is 12.8 Å². The van der Waals surface area contributed by atoms with E-state index in [2.05, 4.69) is 15.3 Å². The molecule has 31 heavy (non-hydrogen) atoms. The van der Waals surface area contributed by atoms with Gasteiger partial charge in [0.2, 0.25) is 5.69 Å². The number of nitriles is 1. The van der Waals surface area contributed by atoms with Crippen LogP contribution >= 0.6 is 0 Å². The van der Waals surface area contributed by atoms with Crippen molar-refractivity contribution in [1.29, 1.82) is 5.26 Å². The Bertz CT molecular complexity index is 1330. The summed E-state index contributed by atoms with van der Waals surface area (Å²) >= 11 is 0. The molecule has 4 rings (SSSR count). The molecule has 0 N–H and O–H groups in total. The van der Waals surface area contributed by atoms with Crippen molar-refractivity contribution in [2.75, 3.05) is 0 Å². The molecular weight excluding hydrogens is 413 g/mol. The highest BCUT2D eigenvalue weighted by Gasteiger charge is 2.35. The van der Waals surface area contributed by atoms with E-state index in [-0.39, 0.29) is 34.8 Å². The number of rotatable bonds is 4. The van der Waals surface area contributed by atoms with Gasteiger partial charge in [0.05, 0.1) is 16.8 Å². The highest BCUT2D eigenvalue weighted by atomic mass is 19.4. The molecule has 0 aliphatic heterocycles. The first-order chi connectivity index (χ1) is 14.8. The van der Waals surface area contributed by atoms with Gasteiger partial charge in [0.1, 0.15) is 17.3 Å². The van der Waals surface area contributed by atoms with Crippen LogP contribution in [0.5, 0.6) is 5.75 Å². The second-order valence-electron chi connectivity index (χ2n) is 6.56. The van der Waals surface area contributed by atoms with Crippen LogP contribution in [-0.2, 0) is 19.8 Å². The quantitative estimate of drug-likeness (QED) is 0.367. The largest absolute Gasteiger partial charge is 0.618 e. The number of ether oxygens (including phenoxy) is 1. The Balaban J connectivity index is 1.76. The number of pyridine rings is 2. The Hall–Kier alpha value is -4.20. The zero-order valence-electron chi connectivity index (χ0n) is 16.0. The summed E-state index contributed by atoms with van der Waals surface area (Å²) in [6, 6.07) is 11.4. The maximum Gasteiger partial charge on any atom is 0.419 e. The van der Waals surface area contributed by atoms with E-state index in [4.69, 9.17) is 4.74 Å². The molecule has 3 heterocycles. The maximum absolute atomic E-state index is 13.7. The molecule has 0 radical (unpaired) electrons. The molecule has 11 heteroatoms. The fourth-order valence-corrected chi connectivity index (χ4v) is 3.02. The van der Waals surface area contributed by atoms with Crippen molar-refractivity contribution in [1.82, 2.24) is 20.0 Å². The Kier molecular flexibility index (Phi) is 4.90. The summed E-state index contributed by atoms with van der Waals surface area (Å²) in [4.78, 5) is 4.13. The van der Waals surface area contributed by atoms with E-state index < -0.39 is 17.5 Å². The van der Waals surface area contributed by atoms with Gasteiger partial charge >= 0.3 is 6.18 Å². The van der Waals surface area contributed by atoms with Crippen molar-refractivity contribution in [3.63, 3.8) is 0 Å². The van der Waals surface area contributed by atoms with Crippen LogP contribution in [0, 0.1) is 16.5 Å². The van der Waals surface area contributed by atoms with Crippen molar-refractivity contribution < 1.29 is 22.6 Å². The number of benzene rings is 1. The van der Waals surface area contributed by atoms with Crippen molar-refractivity contribution in [3.8, 4) is 23.1 Å². The first-order valence-electron chi connectivity index (χ1n) is 8.90. The van der Waals surface area contributed by atoms with Gasteiger partial charge in [-0.3, -0.25) is 0 Å². The molecule has 0 aliphatic rings. The first-order valence-corrected chi connectivity index (χ1v) is 8.90. The normalized spacial score (nSPS) is 11.5. The Morgan fingerprint density at radius 2 is 2.03 bits per heavy atom. The fourth-order valence-electron chi connectivity index (χ4n) is 3.02. The number of aryl methyl sites for hydroxylation is 1. The number of nitrogens with zero attached hydrogens (tertiary/aromatic N) is 6. The third-order valence-electron chi connectivity index (χ3n) is 4.57. The average Bonchev–Trinajstić information content (AvgIpc) is 3.12. The number of fused-ring (bicyclic) bond motifs is 1. The molecule has 0 amide bonds. The van der Waals surface area contributed by atoms with Crippen LogP contribution in [-0.4, -0.2) is 20.0 Å². The zero-order chi connectivity index (χ0) is 22.2. The summed E-state index contributed by atoms with van der Waals surface area (Å²) in [7, 11) is 1.60. The van der Waals surface area contributed by atoms with Crippen LogP contribution in [0.2, 0.25) is 0 Å². The predicted octanol–water partition coefficient (Wildman–Crippen LogP) is 3.13. The second-order valence-corrected chi connectivity index (χ2v) is 6.56. The van der Waals surface area contributed by atoms with Crippen LogP contribution in [0.3, 0.4) is 0 Å². The lowest BCUT2D eigenvalue weighted by Crippen LogP contribution is -2.31. The van der Waals surface area contributed by atoms with E-state index in [1.54, 1.807) is 13.1 Å². The molecule has 1 aromatic carbocycles. The molecule has 156 valence electrons. The number of aromatic nitrogens is 5. The minimum absolute atomic E-state index is 0.0430. The summed E-state index contributed by atoms with van der Waals surface area (Å²) in [5.74, 6) is -0.427. The second kappa shape index (κ2) is 7.56. The third-order valence-corrected chi connectivity index (χ3v) is 4.57. The van der Waals surface area contributed by atoms with Crippen LogP contribution in [0.1, 0.15) is 17.0 Å². The lowest BCUT2D eigenvalue weighted by molar-refractivity contribution is -0.616. The molecule has 4 aromatic rings. The molecule has 0 spiro atoms. The summed E-state index contributed by atoms with van der Waals surface area (Å²) < 4.78 is 48.4. The minimum atomic E-state index is -4.72. The molecule has 0 aliphatic carbocycles. The molecule has 0 fully saturated rings. The molecule has 0 saturated heterocycles. The lowest BCUT2D eigenvalue weighted by Gasteiger charge is -2.15. The maximum atomic E-state index is 13.7. The van der Waals surface area contributed by atoms with Crippen molar-refractivity contribution in [3.05, 3.63) is 70.8 Å². The van der Waals surface area contributed by atoms with Crippen molar-refractivity contribution in [2.24, 2.45) is 7.05 Å². The molecule has 3 aromatic heterocycles. The standard InChI is InChI=1S/C20H13F3N6O2/c1-28-17-9-15(25-16(10-24)19(17)26-27-28)12-5-6-18(14(8-12)20(21,22)23)31-11-13-4-2-3-7-29(13)30/h2-9H,11H2,1H3. The Labute approximate surface area is 173 Å². The molecular formula is C20H13F3N6O2. The summed E-state index contributed by atoms with van der Waals surface area (Å²) in [5, 5.41) is 28.7. The van der Waals surface area contributed by atoms with E-state index in [0.717, 1.165) is 12.1 Å². The summed E-state index contributed by atoms with van der Waals surface area (Å²) in [5.41, 5.74) is 0.109. The molecule has 0 saturated carbocycles. The molecule has 0 bridgehead atoms. The van der Waals surface area contributed by atoms with E-state index in [0.29, 0.717) is 10.2 Å². The van der Waals surface area contributed by atoms with Crippen LogP contribution in [0.4, 0.5) is 13.2 Å². The summed E-state index contributed by atoms with van der Waals surface area (Å²) in [6.45, 7) is -0.337. The number of alkyl halides is 3. The molecule has 0 unspecified atom stereocenters. The third kappa shape index (κ3) is 3.83. The van der Waals surface area contributed by atoms with E-state index >= 15 is 0 Å². The molecule has 8 nitrogen and oxygen atoms in total. The average molecular weight is 426 g/mol. The number of hydrogen-bond acceptors (Lipinski definition) is 6. The van der Waals surface area contributed by atoms with Crippen LogP contribution < -0.4 is 9.47 Å². The fraction of sp³-hybridized carbons (Fsp3) is 0.150. The van der Waals surface area contributed by atoms with E-state index in [1.807, 2.05) is 6.07 Å². The smallest absolute Gasteiger partial charge is 0.419 e. The van der Waals surface area contributed by atoms with Gasteiger partial charge in [-0.15, -0.1) is 5.10 Å². The lowest BCUT2D eigenvalue weighted by atomic mass is 10.1. The monoisotopic (exact) mass is 426 g/mol. The number of halogens is 3. The van der Waals surface area contributed by atoms with Gasteiger partial charge in [0.15, 0.2) is 18.5 Å². The van der Waals surface area contributed by atoms with Gasteiger partial charge in [0, 0.05) is 24.7 Å². The Morgan fingerprint density at radius 1 is 1.23 bits per heavy atom. The first kappa shape index (κ1) is 20.1. The SMILES string of the molecule is Cn1nnc2c(C#N)nc(-c3ccc(OCc4cccc[n+]4[O-])c(C(F)(F)F)c3)cc21. The number of hydrogen-bond donors (Lipinski definition) is 0. The summed E-state index contributed by atoms with van der Waals surface area (Å²) in [6.07, 6.45) is -3.49. The van der Waals surface area contributed by atoms with E-state index in [9.17, 15) is 23.6 Å². The van der Waals surface area contributed by atoms with Gasteiger partial charge in [-0.1, -0.05) is 5.21 Å². The highest BCUT2D eigenvalue weighted by molar-refractivity contribution is 5.83. The van der Waals surface area contributed by atoms with Crippen molar-refractivity contribution >= 4 is 11.0 Å². The van der Waals surface area contributed by atoms with Gasteiger partial charge in [-0.05, 0) is 30.3 Å². The van der Waals surface area contributed by atoms with Crippen LogP contribution in [0.25, 0.3) is 22.3 Å². The highest BCUT2D eigenvalue weighted by Crippen LogP contribution is 2.39. The van der Waals surface area contributed by atoms with Crippen LogP contribution in [0.15, 0.2) is 48.7 Å². The predicted molar refractivity (Wildman–Crippen MR) is 101 cm³/mol. The topological polar surface area (TPSA) is 104 Å².